The SMILES string of the molecule is CC1(C)CN(C(=O)CN2C(=O)[C@H](NC(=O)Nc3cccc(Cl)c3)COc3ccc(F)cc32)CC(C)(C)C1. The molecule has 4 rings (SSSR count). The van der Waals surface area contributed by atoms with Crippen molar-refractivity contribution in [1.29, 1.82) is 0 Å². The van der Waals surface area contributed by atoms with E-state index in [1.165, 1.54) is 23.1 Å². The van der Waals surface area contributed by atoms with Crippen molar-refractivity contribution in [1.82, 2.24) is 10.2 Å². The van der Waals surface area contributed by atoms with E-state index in [0.717, 1.165) is 6.42 Å². The van der Waals surface area contributed by atoms with Crippen molar-refractivity contribution in [3.05, 3.63) is 53.3 Å². The molecule has 1 atom stereocenters. The van der Waals surface area contributed by atoms with Gasteiger partial charge in [0.2, 0.25) is 5.91 Å². The van der Waals surface area contributed by atoms with E-state index >= 15 is 0 Å². The van der Waals surface area contributed by atoms with Gasteiger partial charge in [0, 0.05) is 29.9 Å². The molecule has 0 spiro atoms. The average molecular weight is 531 g/mol. The van der Waals surface area contributed by atoms with Crippen molar-refractivity contribution in [2.75, 3.05) is 36.5 Å². The fourth-order valence-electron chi connectivity index (χ4n) is 5.44. The first kappa shape index (κ1) is 26.7. The lowest BCUT2D eigenvalue weighted by molar-refractivity contribution is -0.137. The van der Waals surface area contributed by atoms with Crippen LogP contribution in [0, 0.1) is 16.6 Å². The second kappa shape index (κ2) is 10.2. The third-order valence-corrected chi connectivity index (χ3v) is 6.65. The Morgan fingerprint density at radius 1 is 1.11 bits per heavy atom. The minimum Gasteiger partial charge on any atom is -0.489 e. The van der Waals surface area contributed by atoms with E-state index in [9.17, 15) is 18.8 Å². The average Bonchev–Trinajstić information content (AvgIpc) is 2.89. The van der Waals surface area contributed by atoms with Gasteiger partial charge >= 0.3 is 6.03 Å². The van der Waals surface area contributed by atoms with Crippen molar-refractivity contribution < 1.29 is 23.5 Å². The van der Waals surface area contributed by atoms with Gasteiger partial charge in [-0.05, 0) is 47.6 Å². The first-order chi connectivity index (χ1) is 17.3. The van der Waals surface area contributed by atoms with Crippen molar-refractivity contribution in [3.8, 4) is 5.75 Å². The molecule has 37 heavy (non-hydrogen) atoms. The number of halogens is 2. The van der Waals surface area contributed by atoms with Crippen molar-refractivity contribution >= 4 is 40.8 Å². The lowest BCUT2D eigenvalue weighted by atomic mass is 9.71. The van der Waals surface area contributed by atoms with Gasteiger partial charge in [-0.15, -0.1) is 0 Å². The normalized spacial score (nSPS) is 20.4. The Balaban J connectivity index is 1.56. The highest BCUT2D eigenvalue weighted by Gasteiger charge is 2.41. The first-order valence-electron chi connectivity index (χ1n) is 12.2. The van der Waals surface area contributed by atoms with Crippen molar-refractivity contribution in [3.63, 3.8) is 0 Å². The molecule has 0 aromatic heterocycles. The summed E-state index contributed by atoms with van der Waals surface area (Å²) in [5.74, 6) is -1.15. The largest absolute Gasteiger partial charge is 0.489 e. The fraction of sp³-hybridized carbons (Fsp3) is 0.444. The molecule has 1 saturated heterocycles. The molecule has 0 aliphatic carbocycles. The predicted molar refractivity (Wildman–Crippen MR) is 140 cm³/mol. The summed E-state index contributed by atoms with van der Waals surface area (Å²) < 4.78 is 20.0. The quantitative estimate of drug-likeness (QED) is 0.600. The van der Waals surface area contributed by atoms with E-state index in [1.807, 2.05) is 0 Å². The van der Waals surface area contributed by atoms with Crippen LogP contribution in [0.4, 0.5) is 20.6 Å². The summed E-state index contributed by atoms with van der Waals surface area (Å²) in [6.45, 7) is 9.06. The number of amides is 4. The molecule has 2 heterocycles. The number of nitrogens with one attached hydrogen (secondary N) is 2. The number of carbonyl (C=O) groups excluding carboxylic acids is 3. The van der Waals surface area contributed by atoms with Crippen LogP contribution < -0.4 is 20.3 Å². The van der Waals surface area contributed by atoms with Gasteiger partial charge < -0.3 is 20.3 Å². The van der Waals surface area contributed by atoms with Crippen LogP contribution >= 0.6 is 11.6 Å². The van der Waals surface area contributed by atoms with Crippen LogP contribution in [0.1, 0.15) is 34.1 Å². The van der Waals surface area contributed by atoms with Crippen LogP contribution in [0.5, 0.6) is 5.75 Å². The zero-order valence-electron chi connectivity index (χ0n) is 21.4. The number of rotatable bonds is 4. The fourth-order valence-corrected chi connectivity index (χ4v) is 5.63. The van der Waals surface area contributed by atoms with Crippen LogP contribution in [0.3, 0.4) is 0 Å². The topological polar surface area (TPSA) is 91.0 Å². The molecule has 0 saturated carbocycles. The van der Waals surface area contributed by atoms with E-state index in [2.05, 4.69) is 38.3 Å². The van der Waals surface area contributed by atoms with Gasteiger partial charge in [-0.3, -0.25) is 14.5 Å². The number of hydrogen-bond acceptors (Lipinski definition) is 4. The number of urea groups is 1. The highest BCUT2D eigenvalue weighted by Crippen LogP contribution is 2.40. The Kier molecular flexibility index (Phi) is 7.37. The number of carbonyl (C=O) groups is 3. The summed E-state index contributed by atoms with van der Waals surface area (Å²) in [5, 5.41) is 5.68. The zero-order chi connectivity index (χ0) is 27.0. The van der Waals surface area contributed by atoms with Crippen LogP contribution in [0.15, 0.2) is 42.5 Å². The summed E-state index contributed by atoms with van der Waals surface area (Å²) in [6, 6.07) is 8.61. The number of anilines is 2. The molecular weight excluding hydrogens is 499 g/mol. The molecule has 198 valence electrons. The van der Waals surface area contributed by atoms with E-state index in [0.29, 0.717) is 23.8 Å². The summed E-state index contributed by atoms with van der Waals surface area (Å²) in [7, 11) is 0. The minimum absolute atomic E-state index is 0.0875. The van der Waals surface area contributed by atoms with Gasteiger partial charge in [0.15, 0.2) is 0 Å². The molecule has 2 aromatic carbocycles. The van der Waals surface area contributed by atoms with E-state index in [1.54, 1.807) is 29.2 Å². The Morgan fingerprint density at radius 3 is 2.49 bits per heavy atom. The van der Waals surface area contributed by atoms with E-state index in [-0.39, 0.29) is 41.3 Å². The monoisotopic (exact) mass is 530 g/mol. The number of hydrogen-bond donors (Lipinski definition) is 2. The van der Waals surface area contributed by atoms with E-state index in [4.69, 9.17) is 16.3 Å². The molecule has 0 unspecified atom stereocenters. The number of likely N-dealkylation sites (tertiary alicyclic amines) is 1. The Labute approximate surface area is 221 Å². The van der Waals surface area contributed by atoms with Crippen LogP contribution in [-0.4, -0.2) is 55.0 Å². The van der Waals surface area contributed by atoms with E-state index < -0.39 is 23.8 Å². The van der Waals surface area contributed by atoms with Gasteiger partial charge in [-0.25, -0.2) is 9.18 Å². The second-order valence-corrected chi connectivity index (χ2v) is 11.7. The van der Waals surface area contributed by atoms with Crippen molar-refractivity contribution in [2.45, 2.75) is 40.2 Å². The molecule has 4 amide bonds. The number of benzene rings is 2. The van der Waals surface area contributed by atoms with Gasteiger partial charge in [-0.2, -0.15) is 0 Å². The highest BCUT2D eigenvalue weighted by atomic mass is 35.5. The van der Waals surface area contributed by atoms with Gasteiger partial charge in [0.1, 0.15) is 30.8 Å². The van der Waals surface area contributed by atoms with Crippen molar-refractivity contribution in [2.24, 2.45) is 10.8 Å². The Morgan fingerprint density at radius 2 is 1.81 bits per heavy atom. The molecule has 2 N–H and O–H groups in total. The summed E-state index contributed by atoms with van der Waals surface area (Å²) in [6.07, 6.45) is 0.960. The molecule has 10 heteroatoms. The summed E-state index contributed by atoms with van der Waals surface area (Å²) >= 11 is 5.98. The number of nitrogens with zero attached hydrogens (tertiary/aromatic N) is 2. The number of ether oxygens (including phenoxy) is 1. The smallest absolute Gasteiger partial charge is 0.320 e. The number of fused-ring (bicyclic) bond motifs is 1. The second-order valence-electron chi connectivity index (χ2n) is 11.3. The third-order valence-electron chi connectivity index (χ3n) is 6.41. The standard InChI is InChI=1S/C27H32ClFN4O4/c1-26(2)14-27(3,4)16-32(15-26)23(34)12-33-21-11-18(29)8-9-22(21)37-13-20(24(33)35)31-25(36)30-19-7-5-6-17(28)10-19/h5-11,20H,12-16H2,1-4H3,(H2,30,31,36)/t20-/m1/s1. The molecule has 0 radical (unpaired) electrons. The molecule has 8 nitrogen and oxygen atoms in total. The summed E-state index contributed by atoms with van der Waals surface area (Å²) in [5.41, 5.74) is 0.416. The maximum atomic E-state index is 14.2. The molecule has 1 fully saturated rings. The van der Waals surface area contributed by atoms with Crippen LogP contribution in [0.25, 0.3) is 0 Å². The third kappa shape index (κ3) is 6.52. The van der Waals surface area contributed by atoms with Gasteiger partial charge in [0.05, 0.1) is 5.69 Å². The molecule has 2 aromatic rings. The maximum Gasteiger partial charge on any atom is 0.320 e. The predicted octanol–water partition coefficient (Wildman–Crippen LogP) is 4.68. The minimum atomic E-state index is -1.11. The zero-order valence-corrected chi connectivity index (χ0v) is 22.2. The maximum absolute atomic E-state index is 14.2. The first-order valence-corrected chi connectivity index (χ1v) is 12.5. The lowest BCUT2D eigenvalue weighted by Gasteiger charge is -2.47. The number of piperidine rings is 1. The van der Waals surface area contributed by atoms with Gasteiger partial charge in [-0.1, -0.05) is 45.4 Å². The van der Waals surface area contributed by atoms with Gasteiger partial charge in [0.25, 0.3) is 5.91 Å². The molecule has 2 aliphatic heterocycles. The Bertz CT molecular complexity index is 1200. The molecule has 0 bridgehead atoms. The van der Waals surface area contributed by atoms with Crippen LogP contribution in [0.2, 0.25) is 5.02 Å². The summed E-state index contributed by atoms with van der Waals surface area (Å²) in [4.78, 5) is 42.7. The van der Waals surface area contributed by atoms with Crippen LogP contribution in [-0.2, 0) is 9.59 Å². The lowest BCUT2D eigenvalue weighted by Crippen LogP contribution is -2.56. The highest BCUT2D eigenvalue weighted by molar-refractivity contribution is 6.30. The molecular formula is C27H32ClFN4O4. The molecule has 2 aliphatic rings. The Hall–Kier alpha value is -3.33.